The van der Waals surface area contributed by atoms with Crippen LogP contribution in [0.15, 0.2) is 36.4 Å². The average molecular weight is 333 g/mol. The fourth-order valence-electron chi connectivity index (χ4n) is 1.48. The fraction of sp³-hybridized carbons (Fsp3) is 0.0769. The van der Waals surface area contributed by atoms with Gasteiger partial charge in [-0.1, -0.05) is 23.8 Å². The van der Waals surface area contributed by atoms with Gasteiger partial charge >= 0.3 is 6.18 Å². The lowest BCUT2D eigenvalue weighted by Crippen LogP contribution is -2.15. The first-order valence-corrected chi connectivity index (χ1v) is 6.37. The number of pyridine rings is 1. The summed E-state index contributed by atoms with van der Waals surface area (Å²) in [6.07, 6.45) is -4.59. The summed E-state index contributed by atoms with van der Waals surface area (Å²) in [6, 6.07) is 7.98. The minimum absolute atomic E-state index is 0.111. The molecule has 0 bridgehead atoms. The van der Waals surface area contributed by atoms with Crippen molar-refractivity contribution in [3.05, 3.63) is 52.7 Å². The molecule has 0 saturated heterocycles. The highest BCUT2D eigenvalue weighted by atomic mass is 35.5. The molecular formula is C13H8ClF3N2OS. The zero-order valence-corrected chi connectivity index (χ0v) is 11.9. The second kappa shape index (κ2) is 5.87. The molecular weight excluding hydrogens is 325 g/mol. The van der Waals surface area contributed by atoms with Gasteiger partial charge < -0.3 is 10.5 Å². The topological polar surface area (TPSA) is 48.1 Å². The Balaban J connectivity index is 2.43. The van der Waals surface area contributed by atoms with E-state index in [0.717, 1.165) is 12.1 Å². The molecule has 2 rings (SSSR count). The summed E-state index contributed by atoms with van der Waals surface area (Å²) in [6.45, 7) is 0. The van der Waals surface area contributed by atoms with Crippen LogP contribution < -0.4 is 10.5 Å². The molecule has 21 heavy (non-hydrogen) atoms. The van der Waals surface area contributed by atoms with E-state index < -0.39 is 11.9 Å². The summed E-state index contributed by atoms with van der Waals surface area (Å²) in [5.74, 6) is -0.0385. The second-order valence-corrected chi connectivity index (χ2v) is 4.84. The number of nitrogens with zero attached hydrogens (tertiary/aromatic N) is 1. The van der Waals surface area contributed by atoms with E-state index in [-0.39, 0.29) is 22.2 Å². The first-order chi connectivity index (χ1) is 9.77. The number of alkyl halides is 3. The van der Waals surface area contributed by atoms with Crippen LogP contribution in [0.1, 0.15) is 11.3 Å². The van der Waals surface area contributed by atoms with Crippen molar-refractivity contribution >= 4 is 28.8 Å². The van der Waals surface area contributed by atoms with E-state index in [1.165, 1.54) is 24.3 Å². The molecule has 0 spiro atoms. The summed E-state index contributed by atoms with van der Waals surface area (Å²) in [5.41, 5.74) is 4.49. The summed E-state index contributed by atoms with van der Waals surface area (Å²) in [5, 5.41) is 0.467. The molecule has 0 unspecified atom stereocenters. The smallest absolute Gasteiger partial charge is 0.433 e. The van der Waals surface area contributed by atoms with E-state index in [1.54, 1.807) is 0 Å². The summed E-state index contributed by atoms with van der Waals surface area (Å²) >= 11 is 10.5. The van der Waals surface area contributed by atoms with Gasteiger partial charge in [-0.15, -0.1) is 0 Å². The van der Waals surface area contributed by atoms with Crippen LogP contribution in [0.2, 0.25) is 5.02 Å². The molecule has 0 amide bonds. The van der Waals surface area contributed by atoms with Crippen LogP contribution in [0.4, 0.5) is 13.2 Å². The van der Waals surface area contributed by atoms with Crippen molar-refractivity contribution < 1.29 is 17.9 Å². The van der Waals surface area contributed by atoms with Crippen LogP contribution in [-0.4, -0.2) is 9.97 Å². The SMILES string of the molecule is NC(=S)c1ccc(C(F)(F)F)nc1Oc1ccc(Cl)cc1. The Hall–Kier alpha value is -1.86. The van der Waals surface area contributed by atoms with E-state index in [4.69, 9.17) is 34.3 Å². The van der Waals surface area contributed by atoms with E-state index in [1.807, 2.05) is 0 Å². The molecule has 0 aliphatic rings. The number of ether oxygens (including phenoxy) is 1. The predicted molar refractivity (Wildman–Crippen MR) is 76.7 cm³/mol. The number of hydrogen-bond donors (Lipinski definition) is 1. The third-order valence-corrected chi connectivity index (χ3v) is 2.92. The molecule has 0 aliphatic heterocycles. The van der Waals surface area contributed by atoms with Crippen LogP contribution in [0, 0.1) is 0 Å². The van der Waals surface area contributed by atoms with E-state index in [2.05, 4.69) is 4.98 Å². The predicted octanol–water partition coefficient (Wildman–Crippen LogP) is 4.18. The van der Waals surface area contributed by atoms with Crippen molar-refractivity contribution in [1.29, 1.82) is 0 Å². The van der Waals surface area contributed by atoms with Crippen LogP contribution in [0.3, 0.4) is 0 Å². The van der Waals surface area contributed by atoms with Crippen LogP contribution >= 0.6 is 23.8 Å². The minimum atomic E-state index is -4.59. The van der Waals surface area contributed by atoms with Gasteiger partial charge in [-0.3, -0.25) is 0 Å². The maximum absolute atomic E-state index is 12.7. The van der Waals surface area contributed by atoms with Crippen molar-refractivity contribution in [1.82, 2.24) is 4.98 Å². The highest BCUT2D eigenvalue weighted by molar-refractivity contribution is 7.80. The molecule has 3 nitrogen and oxygen atoms in total. The Kier molecular flexibility index (Phi) is 4.34. The highest BCUT2D eigenvalue weighted by Gasteiger charge is 2.33. The lowest BCUT2D eigenvalue weighted by atomic mass is 10.2. The second-order valence-electron chi connectivity index (χ2n) is 3.97. The third-order valence-electron chi connectivity index (χ3n) is 2.44. The number of thiocarbonyl (C=S) groups is 1. The van der Waals surface area contributed by atoms with Gasteiger partial charge in [0.05, 0.1) is 5.56 Å². The average Bonchev–Trinajstić information content (AvgIpc) is 2.40. The first-order valence-electron chi connectivity index (χ1n) is 5.59. The Bertz CT molecular complexity index is 674. The number of rotatable bonds is 3. The lowest BCUT2D eigenvalue weighted by molar-refractivity contribution is -0.141. The number of aromatic nitrogens is 1. The molecule has 1 heterocycles. The molecule has 0 radical (unpaired) electrons. The van der Waals surface area contributed by atoms with Gasteiger partial charge in [-0.2, -0.15) is 13.2 Å². The molecule has 0 fully saturated rings. The van der Waals surface area contributed by atoms with E-state index >= 15 is 0 Å². The third kappa shape index (κ3) is 3.83. The van der Waals surface area contributed by atoms with Crippen LogP contribution in [0.25, 0.3) is 0 Å². The van der Waals surface area contributed by atoms with Gasteiger partial charge in [0.1, 0.15) is 16.4 Å². The molecule has 2 aromatic rings. The van der Waals surface area contributed by atoms with Crippen LogP contribution in [0.5, 0.6) is 11.6 Å². The zero-order valence-electron chi connectivity index (χ0n) is 10.3. The van der Waals surface area contributed by atoms with Crippen molar-refractivity contribution in [3.8, 4) is 11.6 Å². The summed E-state index contributed by atoms with van der Waals surface area (Å²) in [4.78, 5) is 3.32. The lowest BCUT2D eigenvalue weighted by Gasteiger charge is -2.12. The van der Waals surface area contributed by atoms with Gasteiger partial charge in [0, 0.05) is 5.02 Å². The molecule has 1 aromatic heterocycles. The highest BCUT2D eigenvalue weighted by Crippen LogP contribution is 2.32. The molecule has 1 aromatic carbocycles. The molecule has 8 heteroatoms. The van der Waals surface area contributed by atoms with Gasteiger partial charge in [-0.05, 0) is 36.4 Å². The van der Waals surface area contributed by atoms with Crippen molar-refractivity contribution in [3.63, 3.8) is 0 Å². The minimum Gasteiger partial charge on any atom is -0.438 e. The summed E-state index contributed by atoms with van der Waals surface area (Å²) < 4.78 is 43.4. The maximum atomic E-state index is 12.7. The monoisotopic (exact) mass is 332 g/mol. The summed E-state index contributed by atoms with van der Waals surface area (Å²) in [7, 11) is 0. The van der Waals surface area contributed by atoms with Crippen LogP contribution in [-0.2, 0) is 6.18 Å². The number of hydrogen-bond acceptors (Lipinski definition) is 3. The van der Waals surface area contributed by atoms with Gasteiger partial charge in [0.15, 0.2) is 0 Å². The fourth-order valence-corrected chi connectivity index (χ4v) is 1.76. The van der Waals surface area contributed by atoms with Crippen molar-refractivity contribution in [2.75, 3.05) is 0 Å². The number of halogens is 4. The van der Waals surface area contributed by atoms with Gasteiger partial charge in [-0.25, -0.2) is 4.98 Å². The first kappa shape index (κ1) is 15.5. The Morgan fingerprint density at radius 2 is 1.76 bits per heavy atom. The largest absolute Gasteiger partial charge is 0.438 e. The van der Waals surface area contributed by atoms with Gasteiger partial charge in [0.2, 0.25) is 5.88 Å². The number of benzene rings is 1. The normalized spacial score (nSPS) is 11.2. The standard InChI is InChI=1S/C13H8ClF3N2OS/c14-7-1-3-8(4-2-7)20-12-9(11(18)21)5-6-10(19-12)13(15,16)17/h1-6H,(H2,18,21). The Morgan fingerprint density at radius 3 is 2.29 bits per heavy atom. The molecule has 110 valence electrons. The van der Waals surface area contributed by atoms with E-state index in [0.29, 0.717) is 5.02 Å². The Labute approximate surface area is 128 Å². The maximum Gasteiger partial charge on any atom is 0.433 e. The van der Waals surface area contributed by atoms with E-state index in [9.17, 15) is 13.2 Å². The van der Waals surface area contributed by atoms with Crippen molar-refractivity contribution in [2.45, 2.75) is 6.18 Å². The molecule has 0 saturated carbocycles. The molecule has 0 atom stereocenters. The quantitative estimate of drug-likeness (QED) is 0.857. The molecule has 0 aliphatic carbocycles. The molecule has 2 N–H and O–H groups in total. The van der Waals surface area contributed by atoms with Gasteiger partial charge in [0.25, 0.3) is 0 Å². The van der Waals surface area contributed by atoms with Crippen molar-refractivity contribution in [2.24, 2.45) is 5.73 Å². The Morgan fingerprint density at radius 1 is 1.14 bits per heavy atom. The zero-order chi connectivity index (χ0) is 15.6. The number of nitrogens with two attached hydrogens (primary N) is 1.